The standard InChI is InChI=1S/C47H55N7O5/c55-42-10-5-4-9-40(42)41-29-37(31-48-51-41)53-27-22-47(23-28-53,59-38-7-2-1-3-8-38)45(58)49-35-19-26-54(46(30-35)20-6-21-46)32-33-17-24-52(25-18-33)36-13-11-34(12-14-36)39-15-16-43(56)50-44(39)57/h1-5,7-14,29,31,33,35,39,55H,6,15-28,30,32H2,(H,49,58)(H,50,56,57)/t35-,39-/m1/s1. The van der Waals surface area contributed by atoms with Crippen LogP contribution in [0.2, 0.25) is 0 Å². The molecule has 12 heteroatoms. The van der Waals surface area contributed by atoms with E-state index in [2.05, 4.69) is 59.8 Å². The third kappa shape index (κ3) is 8.24. The molecule has 5 heterocycles. The smallest absolute Gasteiger partial charge is 0.264 e. The number of amides is 3. The predicted molar refractivity (Wildman–Crippen MR) is 226 cm³/mol. The highest BCUT2D eigenvalue weighted by atomic mass is 16.5. The number of likely N-dealkylation sites (tertiary alicyclic amines) is 1. The summed E-state index contributed by atoms with van der Waals surface area (Å²) in [7, 11) is 0. The van der Waals surface area contributed by atoms with Crippen molar-refractivity contribution in [3.8, 4) is 22.8 Å². The van der Waals surface area contributed by atoms with Gasteiger partial charge in [-0.15, -0.1) is 0 Å². The molecular formula is C47H55N7O5. The van der Waals surface area contributed by atoms with Crippen LogP contribution in [0.4, 0.5) is 11.4 Å². The van der Waals surface area contributed by atoms with Gasteiger partial charge >= 0.3 is 0 Å². The number of nitrogens with one attached hydrogen (secondary N) is 2. The lowest BCUT2D eigenvalue weighted by atomic mass is 9.68. The molecule has 2 atom stereocenters. The fraction of sp³-hybridized carbons (Fsp3) is 0.468. The van der Waals surface area contributed by atoms with E-state index in [1.807, 2.05) is 48.5 Å². The van der Waals surface area contributed by atoms with Gasteiger partial charge in [0.05, 0.1) is 23.5 Å². The molecular weight excluding hydrogens is 743 g/mol. The molecule has 12 nitrogen and oxygen atoms in total. The first-order valence-corrected chi connectivity index (χ1v) is 21.6. The van der Waals surface area contributed by atoms with Crippen molar-refractivity contribution in [3.05, 3.63) is 96.7 Å². The van der Waals surface area contributed by atoms with E-state index < -0.39 is 5.60 Å². The molecule has 308 valence electrons. The van der Waals surface area contributed by atoms with Crippen LogP contribution in [0.1, 0.15) is 82.1 Å². The quantitative estimate of drug-likeness (QED) is 0.159. The van der Waals surface area contributed by atoms with Gasteiger partial charge in [0.1, 0.15) is 11.5 Å². The minimum Gasteiger partial charge on any atom is -0.507 e. The van der Waals surface area contributed by atoms with Gasteiger partial charge in [0.2, 0.25) is 11.8 Å². The Morgan fingerprint density at radius 3 is 2.27 bits per heavy atom. The Hall–Kier alpha value is -5.49. The summed E-state index contributed by atoms with van der Waals surface area (Å²) in [5, 5.41) is 25.0. The fourth-order valence-electron chi connectivity index (χ4n) is 10.3. The van der Waals surface area contributed by atoms with Crippen LogP contribution >= 0.6 is 0 Å². The van der Waals surface area contributed by atoms with Crippen LogP contribution in [0.5, 0.6) is 11.5 Å². The van der Waals surface area contributed by atoms with Gasteiger partial charge < -0.3 is 25.0 Å². The summed E-state index contributed by atoms with van der Waals surface area (Å²) in [6.45, 7) is 5.34. The summed E-state index contributed by atoms with van der Waals surface area (Å²) in [6, 6.07) is 27.3. The third-order valence-electron chi connectivity index (χ3n) is 13.9. The maximum absolute atomic E-state index is 14.5. The van der Waals surface area contributed by atoms with Crippen molar-refractivity contribution in [1.82, 2.24) is 25.7 Å². The Kier molecular flexibility index (Phi) is 11.0. The summed E-state index contributed by atoms with van der Waals surface area (Å²) in [4.78, 5) is 46.0. The largest absolute Gasteiger partial charge is 0.507 e. The van der Waals surface area contributed by atoms with Crippen molar-refractivity contribution in [2.75, 3.05) is 49.1 Å². The zero-order valence-electron chi connectivity index (χ0n) is 33.7. The van der Waals surface area contributed by atoms with Crippen molar-refractivity contribution in [2.24, 2.45) is 5.92 Å². The summed E-state index contributed by atoms with van der Waals surface area (Å²) in [6.07, 6.45) is 11.5. The molecule has 0 radical (unpaired) electrons. The minimum atomic E-state index is -0.998. The molecule has 5 fully saturated rings. The number of para-hydroxylation sites is 2. The number of anilines is 2. The highest BCUT2D eigenvalue weighted by Crippen LogP contribution is 2.46. The second-order valence-corrected chi connectivity index (χ2v) is 17.4. The Morgan fingerprint density at radius 2 is 1.56 bits per heavy atom. The van der Waals surface area contributed by atoms with Gasteiger partial charge in [-0.3, -0.25) is 24.6 Å². The van der Waals surface area contributed by atoms with Gasteiger partial charge in [0.25, 0.3) is 5.91 Å². The number of aromatic nitrogens is 2. The molecule has 0 unspecified atom stereocenters. The number of nitrogens with zero attached hydrogens (tertiary/aromatic N) is 5. The summed E-state index contributed by atoms with van der Waals surface area (Å²) in [5.41, 5.74) is 3.46. The normalized spacial score (nSPS) is 23.3. The van der Waals surface area contributed by atoms with Crippen LogP contribution in [0, 0.1) is 5.92 Å². The van der Waals surface area contributed by atoms with E-state index in [-0.39, 0.29) is 41.0 Å². The van der Waals surface area contributed by atoms with Gasteiger partial charge in [-0.05, 0) is 105 Å². The second-order valence-electron chi connectivity index (χ2n) is 17.4. The van der Waals surface area contributed by atoms with E-state index in [1.165, 1.54) is 24.9 Å². The molecule has 3 aromatic carbocycles. The van der Waals surface area contributed by atoms with E-state index in [9.17, 15) is 19.5 Å². The van der Waals surface area contributed by atoms with E-state index in [4.69, 9.17) is 4.74 Å². The molecule has 1 spiro atoms. The van der Waals surface area contributed by atoms with Gasteiger partial charge in [0.15, 0.2) is 5.60 Å². The monoisotopic (exact) mass is 797 g/mol. The minimum absolute atomic E-state index is 0.0193. The van der Waals surface area contributed by atoms with Gasteiger partial charge in [0, 0.05) is 81.4 Å². The van der Waals surface area contributed by atoms with Crippen molar-refractivity contribution >= 4 is 29.1 Å². The van der Waals surface area contributed by atoms with Crippen LogP contribution in [0.3, 0.4) is 0 Å². The van der Waals surface area contributed by atoms with Crippen LogP contribution < -0.4 is 25.2 Å². The Morgan fingerprint density at radius 1 is 0.831 bits per heavy atom. The Balaban J connectivity index is 0.809. The number of imide groups is 1. The molecule has 9 rings (SSSR count). The number of phenolic OH excluding ortho intramolecular Hbond substituents is 1. The number of aromatic hydroxyl groups is 1. The average molecular weight is 798 g/mol. The topological polar surface area (TPSA) is 140 Å². The molecule has 1 aromatic heterocycles. The Bertz CT molecular complexity index is 2130. The van der Waals surface area contributed by atoms with Gasteiger partial charge in [-0.2, -0.15) is 10.2 Å². The molecule has 3 amide bonds. The zero-order chi connectivity index (χ0) is 40.4. The number of hydrogen-bond donors (Lipinski definition) is 3. The molecule has 4 saturated heterocycles. The summed E-state index contributed by atoms with van der Waals surface area (Å²) < 4.78 is 6.69. The molecule has 4 aliphatic heterocycles. The second kappa shape index (κ2) is 16.6. The number of carbonyl (C=O) groups excluding carboxylic acids is 3. The lowest BCUT2D eigenvalue weighted by molar-refractivity contribution is -0.141. The number of phenols is 1. The molecule has 0 bridgehead atoms. The fourth-order valence-corrected chi connectivity index (χ4v) is 10.3. The van der Waals surface area contributed by atoms with Crippen molar-refractivity contribution in [2.45, 2.75) is 93.7 Å². The van der Waals surface area contributed by atoms with E-state index >= 15 is 0 Å². The highest BCUT2D eigenvalue weighted by Gasteiger charge is 2.50. The van der Waals surface area contributed by atoms with Crippen LogP contribution in [0.15, 0.2) is 91.1 Å². The molecule has 59 heavy (non-hydrogen) atoms. The Labute approximate surface area is 346 Å². The van der Waals surface area contributed by atoms with Crippen LogP contribution in [0.25, 0.3) is 11.3 Å². The van der Waals surface area contributed by atoms with E-state index in [1.54, 1.807) is 18.3 Å². The SMILES string of the molecule is O=C1CC[C@H](c2ccc(N3CCC(CN4CC[C@@H](NC(=O)C5(Oc6ccccc6)CCN(c6cnnc(-c7ccccc7O)c6)CC5)CC45CCC5)CC3)cc2)C(=O)N1. The van der Waals surface area contributed by atoms with Gasteiger partial charge in [-0.25, -0.2) is 0 Å². The first kappa shape index (κ1) is 39.0. The van der Waals surface area contributed by atoms with Crippen molar-refractivity contribution in [3.63, 3.8) is 0 Å². The summed E-state index contributed by atoms with van der Waals surface area (Å²) in [5.74, 6) is 0.848. The average Bonchev–Trinajstić information content (AvgIpc) is 3.25. The first-order valence-electron chi connectivity index (χ1n) is 21.6. The highest BCUT2D eigenvalue weighted by molar-refractivity contribution is 6.01. The summed E-state index contributed by atoms with van der Waals surface area (Å²) >= 11 is 0. The number of rotatable bonds is 10. The maximum Gasteiger partial charge on any atom is 0.264 e. The van der Waals surface area contributed by atoms with E-state index in [0.717, 1.165) is 63.1 Å². The predicted octanol–water partition coefficient (Wildman–Crippen LogP) is 6.21. The third-order valence-corrected chi connectivity index (χ3v) is 13.9. The van der Waals surface area contributed by atoms with Crippen LogP contribution in [-0.4, -0.2) is 94.4 Å². The molecule has 3 N–H and O–H groups in total. The van der Waals surface area contributed by atoms with Crippen LogP contribution in [-0.2, 0) is 14.4 Å². The maximum atomic E-state index is 14.5. The van der Waals surface area contributed by atoms with Crippen molar-refractivity contribution in [1.29, 1.82) is 0 Å². The molecule has 4 aromatic rings. The van der Waals surface area contributed by atoms with E-state index in [0.29, 0.717) is 61.7 Å². The number of benzene rings is 3. The molecule has 1 saturated carbocycles. The zero-order valence-corrected chi connectivity index (χ0v) is 33.7. The molecule has 1 aliphatic carbocycles. The van der Waals surface area contributed by atoms with Crippen molar-refractivity contribution < 1.29 is 24.2 Å². The number of hydrogen-bond acceptors (Lipinski definition) is 10. The number of ether oxygens (including phenoxy) is 1. The number of carbonyl (C=O) groups is 3. The lowest BCUT2D eigenvalue weighted by Gasteiger charge is -2.56. The lowest BCUT2D eigenvalue weighted by Crippen LogP contribution is -2.65. The molecule has 5 aliphatic rings. The first-order chi connectivity index (χ1) is 28.8. The number of piperidine rings is 4. The van der Waals surface area contributed by atoms with Gasteiger partial charge in [-0.1, -0.05) is 42.5 Å².